The summed E-state index contributed by atoms with van der Waals surface area (Å²) in [6.07, 6.45) is 0. The highest BCUT2D eigenvalue weighted by Crippen LogP contribution is 2.23. The fourth-order valence-electron chi connectivity index (χ4n) is 2.37. The Kier molecular flexibility index (Phi) is 4.73. The topological polar surface area (TPSA) is 101 Å². The third-order valence-electron chi connectivity index (χ3n) is 3.82. The summed E-state index contributed by atoms with van der Waals surface area (Å²) < 4.78 is 13.9. The van der Waals surface area contributed by atoms with Crippen molar-refractivity contribution in [2.45, 2.75) is 6.92 Å². The van der Waals surface area contributed by atoms with E-state index < -0.39 is 17.6 Å². The Bertz CT molecular complexity index is 1020. The second-order valence-electron chi connectivity index (χ2n) is 5.63. The molecule has 0 aliphatic carbocycles. The molecule has 3 aromatic rings. The van der Waals surface area contributed by atoms with E-state index in [0.717, 1.165) is 11.6 Å². The van der Waals surface area contributed by atoms with Gasteiger partial charge in [0.05, 0.1) is 5.69 Å². The molecule has 1 aromatic heterocycles. The fourth-order valence-corrected chi connectivity index (χ4v) is 2.56. The number of hydrogen-bond acceptors (Lipinski definition) is 3. The van der Waals surface area contributed by atoms with Gasteiger partial charge >= 0.3 is 0 Å². The van der Waals surface area contributed by atoms with Crippen LogP contribution in [0.5, 0.6) is 0 Å². The van der Waals surface area contributed by atoms with Gasteiger partial charge in [0.25, 0.3) is 5.91 Å². The van der Waals surface area contributed by atoms with Crippen LogP contribution >= 0.6 is 11.6 Å². The normalized spacial score (nSPS) is 10.6. The molecule has 8 heteroatoms. The zero-order chi connectivity index (χ0) is 18.8. The summed E-state index contributed by atoms with van der Waals surface area (Å²) in [7, 11) is 0. The van der Waals surface area contributed by atoms with Crippen molar-refractivity contribution in [1.82, 2.24) is 10.2 Å². The van der Waals surface area contributed by atoms with Crippen LogP contribution in [0.25, 0.3) is 11.3 Å². The van der Waals surface area contributed by atoms with Crippen LogP contribution in [0.4, 0.5) is 10.1 Å². The maximum absolute atomic E-state index is 13.9. The molecular formula is C18H14ClFN4O2. The second-order valence-corrected chi connectivity index (χ2v) is 6.06. The Morgan fingerprint density at radius 3 is 2.69 bits per heavy atom. The van der Waals surface area contributed by atoms with Crippen molar-refractivity contribution in [2.24, 2.45) is 5.73 Å². The summed E-state index contributed by atoms with van der Waals surface area (Å²) in [5.41, 5.74) is 6.94. The standard InChI is InChI=1S/C18H14ClFN4O2/c1-9-13(20)6-11(17(21)25)7-14(9)22-18(26)16-8-15(23-24-16)10-3-2-4-12(19)5-10/h2-8H,1H3,(H2,21,25)(H,22,26)(H,23,24). The summed E-state index contributed by atoms with van der Waals surface area (Å²) in [5.74, 6) is -1.96. The third-order valence-corrected chi connectivity index (χ3v) is 4.05. The van der Waals surface area contributed by atoms with E-state index in [-0.39, 0.29) is 22.5 Å². The highest BCUT2D eigenvalue weighted by molar-refractivity contribution is 6.30. The highest BCUT2D eigenvalue weighted by Gasteiger charge is 2.16. The molecule has 4 N–H and O–H groups in total. The number of amides is 2. The van der Waals surface area contributed by atoms with Gasteiger partial charge in [-0.05, 0) is 37.3 Å². The number of rotatable bonds is 4. The van der Waals surface area contributed by atoms with E-state index in [9.17, 15) is 14.0 Å². The number of carbonyl (C=O) groups excluding carboxylic acids is 2. The van der Waals surface area contributed by atoms with E-state index in [1.54, 1.807) is 30.3 Å². The van der Waals surface area contributed by atoms with Crippen molar-refractivity contribution in [3.8, 4) is 11.3 Å². The van der Waals surface area contributed by atoms with E-state index in [0.29, 0.717) is 10.7 Å². The van der Waals surface area contributed by atoms with Gasteiger partial charge in [-0.25, -0.2) is 4.39 Å². The molecule has 2 amide bonds. The Hall–Kier alpha value is -3.19. The highest BCUT2D eigenvalue weighted by atomic mass is 35.5. The number of nitrogens with zero attached hydrogens (tertiary/aromatic N) is 1. The molecule has 132 valence electrons. The molecule has 0 radical (unpaired) electrons. The average molecular weight is 373 g/mol. The Morgan fingerprint density at radius 1 is 1.23 bits per heavy atom. The van der Waals surface area contributed by atoms with E-state index >= 15 is 0 Å². The van der Waals surface area contributed by atoms with Crippen LogP contribution in [0.15, 0.2) is 42.5 Å². The van der Waals surface area contributed by atoms with Gasteiger partial charge in [0.2, 0.25) is 5.91 Å². The average Bonchev–Trinajstić information content (AvgIpc) is 3.09. The number of aromatic amines is 1. The number of benzene rings is 2. The van der Waals surface area contributed by atoms with E-state index in [1.807, 2.05) is 0 Å². The number of H-pyrrole nitrogens is 1. The lowest BCUT2D eigenvalue weighted by molar-refractivity contribution is 0.0995. The lowest BCUT2D eigenvalue weighted by Crippen LogP contribution is -2.16. The Balaban J connectivity index is 1.87. The van der Waals surface area contributed by atoms with Crippen LogP contribution in [0, 0.1) is 12.7 Å². The van der Waals surface area contributed by atoms with Crippen molar-refractivity contribution < 1.29 is 14.0 Å². The van der Waals surface area contributed by atoms with Crippen LogP contribution in [0.3, 0.4) is 0 Å². The first-order valence-electron chi connectivity index (χ1n) is 7.58. The van der Waals surface area contributed by atoms with Crippen molar-refractivity contribution in [3.63, 3.8) is 0 Å². The molecule has 0 aliphatic heterocycles. The zero-order valence-corrected chi connectivity index (χ0v) is 14.4. The van der Waals surface area contributed by atoms with Crippen molar-refractivity contribution >= 4 is 29.1 Å². The molecule has 3 rings (SSSR count). The first-order chi connectivity index (χ1) is 12.3. The van der Waals surface area contributed by atoms with Gasteiger partial charge in [-0.2, -0.15) is 5.10 Å². The summed E-state index contributed by atoms with van der Waals surface area (Å²) in [6, 6.07) is 10.9. The predicted octanol–water partition coefficient (Wildman–Crippen LogP) is 3.53. The van der Waals surface area contributed by atoms with E-state index in [2.05, 4.69) is 15.5 Å². The molecule has 6 nitrogen and oxygen atoms in total. The minimum absolute atomic E-state index is 0.0346. The van der Waals surface area contributed by atoms with Crippen LogP contribution in [0.1, 0.15) is 26.4 Å². The predicted molar refractivity (Wildman–Crippen MR) is 96.6 cm³/mol. The maximum Gasteiger partial charge on any atom is 0.273 e. The summed E-state index contributed by atoms with van der Waals surface area (Å²) in [5, 5.41) is 9.81. The van der Waals surface area contributed by atoms with E-state index in [4.69, 9.17) is 17.3 Å². The van der Waals surface area contributed by atoms with Gasteiger partial charge in [0.1, 0.15) is 11.5 Å². The summed E-state index contributed by atoms with van der Waals surface area (Å²) >= 11 is 5.95. The molecule has 1 heterocycles. The van der Waals surface area contributed by atoms with Gasteiger partial charge in [0, 0.05) is 27.4 Å². The number of nitrogens with one attached hydrogen (secondary N) is 2. The van der Waals surface area contributed by atoms with Crippen molar-refractivity contribution in [2.75, 3.05) is 5.32 Å². The van der Waals surface area contributed by atoms with E-state index in [1.165, 1.54) is 13.0 Å². The number of halogens is 2. The first-order valence-corrected chi connectivity index (χ1v) is 7.95. The lowest BCUT2D eigenvalue weighted by Gasteiger charge is -2.10. The molecule has 0 atom stereocenters. The quantitative estimate of drug-likeness (QED) is 0.653. The number of hydrogen-bond donors (Lipinski definition) is 3. The second kappa shape index (κ2) is 6.97. The van der Waals surface area contributed by atoms with Crippen molar-refractivity contribution in [1.29, 1.82) is 0 Å². The maximum atomic E-state index is 13.9. The molecule has 0 saturated carbocycles. The number of primary amides is 1. The van der Waals surface area contributed by atoms with Gasteiger partial charge in [-0.3, -0.25) is 14.7 Å². The van der Waals surface area contributed by atoms with Gasteiger partial charge in [-0.1, -0.05) is 23.7 Å². The third kappa shape index (κ3) is 3.57. The minimum Gasteiger partial charge on any atom is -0.366 e. The summed E-state index contributed by atoms with van der Waals surface area (Å²) in [4.78, 5) is 23.7. The Morgan fingerprint density at radius 2 is 2.00 bits per heavy atom. The van der Waals surface area contributed by atoms with Crippen LogP contribution in [0.2, 0.25) is 5.02 Å². The molecule has 0 aliphatic rings. The van der Waals surface area contributed by atoms with Gasteiger partial charge in [0.15, 0.2) is 0 Å². The van der Waals surface area contributed by atoms with Gasteiger partial charge < -0.3 is 11.1 Å². The number of carbonyl (C=O) groups is 2. The molecule has 0 fully saturated rings. The molecule has 0 spiro atoms. The monoisotopic (exact) mass is 372 g/mol. The first kappa shape index (κ1) is 17.6. The number of aromatic nitrogens is 2. The Labute approximate surface area is 153 Å². The molecule has 0 unspecified atom stereocenters. The fraction of sp³-hybridized carbons (Fsp3) is 0.0556. The lowest BCUT2D eigenvalue weighted by atomic mass is 10.1. The van der Waals surface area contributed by atoms with Crippen molar-refractivity contribution in [3.05, 3.63) is 70.1 Å². The molecular weight excluding hydrogens is 359 g/mol. The molecule has 0 bridgehead atoms. The van der Waals surface area contributed by atoms with Crippen LogP contribution < -0.4 is 11.1 Å². The van der Waals surface area contributed by atoms with Crippen LogP contribution in [-0.4, -0.2) is 22.0 Å². The number of anilines is 1. The molecule has 0 saturated heterocycles. The SMILES string of the molecule is Cc1c(F)cc(C(N)=O)cc1NC(=O)c1cc(-c2cccc(Cl)c2)n[nH]1. The largest absolute Gasteiger partial charge is 0.366 e. The minimum atomic E-state index is -0.788. The number of nitrogens with two attached hydrogens (primary N) is 1. The van der Waals surface area contributed by atoms with Crippen LogP contribution in [-0.2, 0) is 0 Å². The smallest absolute Gasteiger partial charge is 0.273 e. The summed E-state index contributed by atoms with van der Waals surface area (Å²) in [6.45, 7) is 1.49. The van der Waals surface area contributed by atoms with Gasteiger partial charge in [-0.15, -0.1) is 0 Å². The molecule has 2 aromatic carbocycles. The zero-order valence-electron chi connectivity index (χ0n) is 13.6. The molecule has 26 heavy (non-hydrogen) atoms.